The van der Waals surface area contributed by atoms with Crippen LogP contribution in [-0.4, -0.2) is 0 Å². The average molecular weight is 409 g/mol. The molecule has 0 spiro atoms. The molecule has 0 heterocycles. The lowest BCUT2D eigenvalue weighted by molar-refractivity contribution is 0.364. The van der Waals surface area contributed by atoms with Gasteiger partial charge in [0.05, 0.1) is 0 Å². The molecular formula is C29H60. The van der Waals surface area contributed by atoms with Gasteiger partial charge < -0.3 is 0 Å². The van der Waals surface area contributed by atoms with E-state index in [0.717, 1.165) is 11.8 Å². The van der Waals surface area contributed by atoms with Crippen LogP contribution in [0.3, 0.4) is 0 Å². The van der Waals surface area contributed by atoms with Crippen molar-refractivity contribution in [3.05, 3.63) is 0 Å². The Bertz CT molecular complexity index is 280. The standard InChI is InChI=1S/C29H60/c1-5-7-9-11-13-14-15-17-22-26-29(25-21-16-12-10-8-6-2)27-23-19-18-20-24-28(3)4/h28-29H,5-27H2,1-4H3. The van der Waals surface area contributed by atoms with Crippen LogP contribution in [0, 0.1) is 11.8 Å². The topological polar surface area (TPSA) is 0 Å². The summed E-state index contributed by atoms with van der Waals surface area (Å²) in [4.78, 5) is 0. The summed E-state index contributed by atoms with van der Waals surface area (Å²) in [6, 6.07) is 0. The molecule has 0 heteroatoms. The molecule has 0 bridgehead atoms. The maximum absolute atomic E-state index is 2.36. The molecule has 0 nitrogen and oxygen atoms in total. The average Bonchev–Trinajstić information content (AvgIpc) is 2.70. The van der Waals surface area contributed by atoms with Crippen LogP contribution in [0.1, 0.15) is 175 Å². The quantitative estimate of drug-likeness (QED) is 0.139. The summed E-state index contributed by atoms with van der Waals surface area (Å²) in [5, 5.41) is 0. The zero-order valence-electron chi connectivity index (χ0n) is 21.4. The summed E-state index contributed by atoms with van der Waals surface area (Å²) in [6.45, 7) is 9.36. The van der Waals surface area contributed by atoms with Gasteiger partial charge in [0, 0.05) is 0 Å². The Hall–Kier alpha value is 0. The zero-order chi connectivity index (χ0) is 21.4. The van der Waals surface area contributed by atoms with E-state index >= 15 is 0 Å². The highest BCUT2D eigenvalue weighted by molar-refractivity contribution is 4.62. The summed E-state index contributed by atoms with van der Waals surface area (Å²) in [5.74, 6) is 1.93. The molecule has 176 valence electrons. The van der Waals surface area contributed by atoms with E-state index in [1.165, 1.54) is 148 Å². The van der Waals surface area contributed by atoms with Crippen molar-refractivity contribution in [2.45, 2.75) is 175 Å². The number of hydrogen-bond acceptors (Lipinski definition) is 0. The van der Waals surface area contributed by atoms with E-state index in [4.69, 9.17) is 0 Å². The van der Waals surface area contributed by atoms with Gasteiger partial charge in [-0.2, -0.15) is 0 Å². The minimum atomic E-state index is 0.891. The first kappa shape index (κ1) is 29.0. The molecule has 29 heavy (non-hydrogen) atoms. The second-order valence-corrected chi connectivity index (χ2v) is 10.4. The number of rotatable bonds is 24. The van der Waals surface area contributed by atoms with Crippen LogP contribution in [0.15, 0.2) is 0 Å². The smallest absolute Gasteiger partial charge is 0.0414 e. The minimum Gasteiger partial charge on any atom is -0.0654 e. The van der Waals surface area contributed by atoms with Gasteiger partial charge in [-0.05, 0) is 11.8 Å². The Labute approximate surface area is 187 Å². The third-order valence-electron chi connectivity index (χ3n) is 6.83. The molecular weight excluding hydrogens is 348 g/mol. The van der Waals surface area contributed by atoms with Gasteiger partial charge in [0.2, 0.25) is 0 Å². The molecule has 0 aromatic carbocycles. The van der Waals surface area contributed by atoms with Gasteiger partial charge in [-0.25, -0.2) is 0 Å². The van der Waals surface area contributed by atoms with Gasteiger partial charge >= 0.3 is 0 Å². The second kappa shape index (κ2) is 24.3. The Kier molecular flexibility index (Phi) is 24.3. The molecule has 0 aromatic rings. The third kappa shape index (κ3) is 24.1. The molecule has 0 amide bonds. The predicted molar refractivity (Wildman–Crippen MR) is 136 cm³/mol. The minimum absolute atomic E-state index is 0.891. The first-order valence-corrected chi connectivity index (χ1v) is 14.2. The van der Waals surface area contributed by atoms with Crippen molar-refractivity contribution < 1.29 is 0 Å². The number of hydrogen-bond donors (Lipinski definition) is 0. The van der Waals surface area contributed by atoms with E-state index in [1.54, 1.807) is 0 Å². The van der Waals surface area contributed by atoms with Gasteiger partial charge in [0.15, 0.2) is 0 Å². The first-order valence-electron chi connectivity index (χ1n) is 14.2. The molecule has 0 saturated carbocycles. The van der Waals surface area contributed by atoms with E-state index in [1.807, 2.05) is 0 Å². The highest BCUT2D eigenvalue weighted by atomic mass is 14.1. The molecule has 0 aliphatic rings. The van der Waals surface area contributed by atoms with Gasteiger partial charge in [-0.1, -0.05) is 175 Å². The summed E-state index contributed by atoms with van der Waals surface area (Å²) >= 11 is 0. The lowest BCUT2D eigenvalue weighted by Crippen LogP contribution is -2.02. The maximum Gasteiger partial charge on any atom is -0.0414 e. The Balaban J connectivity index is 3.80. The molecule has 0 saturated heterocycles. The van der Waals surface area contributed by atoms with Crippen LogP contribution in [0.25, 0.3) is 0 Å². The number of unbranched alkanes of at least 4 members (excludes halogenated alkanes) is 16. The van der Waals surface area contributed by atoms with Crippen LogP contribution >= 0.6 is 0 Å². The fourth-order valence-corrected chi connectivity index (χ4v) is 4.73. The molecule has 1 atom stereocenters. The monoisotopic (exact) mass is 408 g/mol. The van der Waals surface area contributed by atoms with Crippen molar-refractivity contribution in [3.8, 4) is 0 Å². The van der Waals surface area contributed by atoms with E-state index in [0.29, 0.717) is 0 Å². The van der Waals surface area contributed by atoms with Crippen LogP contribution in [0.4, 0.5) is 0 Å². The normalized spacial score (nSPS) is 12.7. The van der Waals surface area contributed by atoms with Crippen LogP contribution < -0.4 is 0 Å². The van der Waals surface area contributed by atoms with Crippen LogP contribution in [0.5, 0.6) is 0 Å². The molecule has 0 aliphatic carbocycles. The highest BCUT2D eigenvalue weighted by Gasteiger charge is 2.09. The predicted octanol–water partition coefficient (Wildman–Crippen LogP) is 11.3. The van der Waals surface area contributed by atoms with Crippen molar-refractivity contribution in [1.29, 1.82) is 0 Å². The molecule has 0 N–H and O–H groups in total. The largest absolute Gasteiger partial charge is 0.0654 e. The molecule has 0 aromatic heterocycles. The fraction of sp³-hybridized carbons (Fsp3) is 1.00. The van der Waals surface area contributed by atoms with Crippen molar-refractivity contribution in [3.63, 3.8) is 0 Å². The fourth-order valence-electron chi connectivity index (χ4n) is 4.73. The van der Waals surface area contributed by atoms with Gasteiger partial charge in [0.25, 0.3) is 0 Å². The Morgan fingerprint density at radius 3 is 0.931 bits per heavy atom. The molecule has 0 fully saturated rings. The zero-order valence-corrected chi connectivity index (χ0v) is 21.4. The maximum atomic E-state index is 2.36. The van der Waals surface area contributed by atoms with Crippen molar-refractivity contribution >= 4 is 0 Å². The van der Waals surface area contributed by atoms with E-state index in [2.05, 4.69) is 27.7 Å². The highest BCUT2D eigenvalue weighted by Crippen LogP contribution is 2.25. The van der Waals surface area contributed by atoms with Crippen molar-refractivity contribution in [2.24, 2.45) is 11.8 Å². The molecule has 0 aliphatic heterocycles. The third-order valence-corrected chi connectivity index (χ3v) is 6.83. The van der Waals surface area contributed by atoms with E-state index < -0.39 is 0 Å². The van der Waals surface area contributed by atoms with Gasteiger partial charge in [-0.15, -0.1) is 0 Å². The van der Waals surface area contributed by atoms with Gasteiger partial charge in [0.1, 0.15) is 0 Å². The summed E-state index contributed by atoms with van der Waals surface area (Å²) < 4.78 is 0. The van der Waals surface area contributed by atoms with Gasteiger partial charge in [-0.3, -0.25) is 0 Å². The Morgan fingerprint density at radius 1 is 0.345 bits per heavy atom. The van der Waals surface area contributed by atoms with Crippen molar-refractivity contribution in [1.82, 2.24) is 0 Å². The van der Waals surface area contributed by atoms with E-state index in [9.17, 15) is 0 Å². The summed E-state index contributed by atoms with van der Waals surface area (Å²) in [6.07, 6.45) is 33.9. The van der Waals surface area contributed by atoms with E-state index in [-0.39, 0.29) is 0 Å². The molecule has 0 radical (unpaired) electrons. The summed E-state index contributed by atoms with van der Waals surface area (Å²) in [5.41, 5.74) is 0. The molecule has 0 rings (SSSR count). The lowest BCUT2D eigenvalue weighted by Gasteiger charge is -2.17. The first-order chi connectivity index (χ1) is 14.2. The second-order valence-electron chi connectivity index (χ2n) is 10.4. The summed E-state index contributed by atoms with van der Waals surface area (Å²) in [7, 11) is 0. The SMILES string of the molecule is CCCCCCCCCCCC(CCCCCCCC)CCCCCCC(C)C. The van der Waals surface area contributed by atoms with Crippen LogP contribution in [0.2, 0.25) is 0 Å². The van der Waals surface area contributed by atoms with Crippen LogP contribution in [-0.2, 0) is 0 Å². The lowest BCUT2D eigenvalue weighted by atomic mass is 9.89. The molecule has 1 unspecified atom stereocenters. The van der Waals surface area contributed by atoms with Crippen molar-refractivity contribution in [2.75, 3.05) is 0 Å². The Morgan fingerprint density at radius 2 is 0.621 bits per heavy atom.